The molecule has 1 aromatic rings. The van der Waals surface area contributed by atoms with Gasteiger partial charge in [-0.05, 0) is 18.9 Å². The van der Waals surface area contributed by atoms with E-state index in [2.05, 4.69) is 0 Å². The zero-order valence-corrected chi connectivity index (χ0v) is 10.7. The molecule has 0 N–H and O–H groups in total. The van der Waals surface area contributed by atoms with E-state index < -0.39 is 9.05 Å². The van der Waals surface area contributed by atoms with Gasteiger partial charge >= 0.3 is 0 Å². The number of hydrogen-bond acceptors (Lipinski definition) is 4. The van der Waals surface area contributed by atoms with E-state index in [1.807, 2.05) is 0 Å². The van der Waals surface area contributed by atoms with Crippen LogP contribution in [-0.2, 0) is 9.05 Å². The molecule has 1 saturated heterocycles. The summed E-state index contributed by atoms with van der Waals surface area (Å²) < 4.78 is 22.1. The lowest BCUT2D eigenvalue weighted by atomic mass is 10.3. The number of halogens is 1. The van der Waals surface area contributed by atoms with Gasteiger partial charge in [-0.2, -0.15) is 0 Å². The summed E-state index contributed by atoms with van der Waals surface area (Å²) in [5.74, 6) is -0.111. The SMILES string of the molecule is O=C(c1csc(S(=O)(=O)Cl)c1)N1CCCC1. The molecule has 2 heterocycles. The summed E-state index contributed by atoms with van der Waals surface area (Å²) >= 11 is 0.976. The average Bonchev–Trinajstić information content (AvgIpc) is 2.87. The molecular weight excluding hydrogens is 270 g/mol. The van der Waals surface area contributed by atoms with Crippen LogP contribution in [0, 0.1) is 0 Å². The Bertz CT molecular complexity index is 503. The Morgan fingerprint density at radius 3 is 2.50 bits per heavy atom. The molecule has 1 aliphatic heterocycles. The van der Waals surface area contributed by atoms with Crippen LogP contribution in [0.4, 0.5) is 0 Å². The van der Waals surface area contributed by atoms with Crippen molar-refractivity contribution in [3.05, 3.63) is 17.0 Å². The van der Waals surface area contributed by atoms with Gasteiger partial charge in [-0.25, -0.2) is 8.42 Å². The minimum Gasteiger partial charge on any atom is -0.339 e. The molecule has 1 aromatic heterocycles. The number of thiophene rings is 1. The van der Waals surface area contributed by atoms with E-state index in [4.69, 9.17) is 10.7 Å². The summed E-state index contributed by atoms with van der Waals surface area (Å²) in [7, 11) is 1.47. The van der Waals surface area contributed by atoms with Crippen LogP contribution in [0.5, 0.6) is 0 Å². The molecule has 0 bridgehead atoms. The zero-order chi connectivity index (χ0) is 11.8. The second kappa shape index (κ2) is 4.35. The molecule has 2 rings (SSSR count). The lowest BCUT2D eigenvalue weighted by molar-refractivity contribution is 0.0793. The van der Waals surface area contributed by atoms with Gasteiger partial charge in [0.15, 0.2) is 0 Å². The summed E-state index contributed by atoms with van der Waals surface area (Å²) in [5.41, 5.74) is 0.408. The standard InChI is InChI=1S/C9H10ClNO3S2/c10-16(13,14)8-5-7(6-15-8)9(12)11-3-1-2-4-11/h5-6H,1-4H2. The number of carbonyl (C=O) groups excluding carboxylic acids is 1. The van der Waals surface area contributed by atoms with Crippen LogP contribution in [0.1, 0.15) is 23.2 Å². The fraction of sp³-hybridized carbons (Fsp3) is 0.444. The van der Waals surface area contributed by atoms with Gasteiger partial charge in [0.1, 0.15) is 4.21 Å². The first kappa shape index (κ1) is 11.9. The van der Waals surface area contributed by atoms with Gasteiger partial charge in [-0.15, -0.1) is 11.3 Å². The van der Waals surface area contributed by atoms with E-state index >= 15 is 0 Å². The smallest absolute Gasteiger partial charge is 0.270 e. The molecule has 88 valence electrons. The predicted octanol–water partition coefficient (Wildman–Crippen LogP) is 1.91. The third-order valence-corrected chi connectivity index (χ3v) is 5.50. The van der Waals surface area contributed by atoms with Crippen LogP contribution in [-0.4, -0.2) is 32.3 Å². The van der Waals surface area contributed by atoms with E-state index in [1.165, 1.54) is 11.4 Å². The molecule has 0 aromatic carbocycles. The first-order valence-electron chi connectivity index (χ1n) is 4.81. The molecule has 7 heteroatoms. The summed E-state index contributed by atoms with van der Waals surface area (Å²) in [5, 5.41) is 1.54. The summed E-state index contributed by atoms with van der Waals surface area (Å²) in [4.78, 5) is 13.6. The van der Waals surface area contributed by atoms with Gasteiger partial charge < -0.3 is 4.90 Å². The quantitative estimate of drug-likeness (QED) is 0.777. The Morgan fingerprint density at radius 2 is 2.00 bits per heavy atom. The minimum absolute atomic E-state index is 0.0247. The number of rotatable bonds is 2. The first-order valence-corrected chi connectivity index (χ1v) is 8.00. The monoisotopic (exact) mass is 279 g/mol. The maximum absolute atomic E-state index is 11.9. The van der Waals surface area contributed by atoms with Crippen molar-refractivity contribution in [2.24, 2.45) is 0 Å². The van der Waals surface area contributed by atoms with Crippen LogP contribution >= 0.6 is 22.0 Å². The molecule has 0 spiro atoms. The van der Waals surface area contributed by atoms with Gasteiger partial charge in [-0.3, -0.25) is 4.79 Å². The molecule has 1 fully saturated rings. The Kier molecular flexibility index (Phi) is 3.23. The number of carbonyl (C=O) groups is 1. The lowest BCUT2D eigenvalue weighted by Crippen LogP contribution is -2.27. The Balaban J connectivity index is 2.22. The summed E-state index contributed by atoms with van der Waals surface area (Å²) in [6, 6.07) is 1.34. The number of hydrogen-bond donors (Lipinski definition) is 0. The normalized spacial score (nSPS) is 16.7. The Morgan fingerprint density at radius 1 is 1.38 bits per heavy atom. The molecule has 0 atom stereocenters. The average molecular weight is 280 g/mol. The molecule has 0 unspecified atom stereocenters. The van der Waals surface area contributed by atoms with Crippen LogP contribution in [0.2, 0.25) is 0 Å². The summed E-state index contributed by atoms with van der Waals surface area (Å²) in [6.07, 6.45) is 2.02. The van der Waals surface area contributed by atoms with Gasteiger partial charge in [0, 0.05) is 29.2 Å². The molecule has 4 nitrogen and oxygen atoms in total. The highest BCUT2D eigenvalue weighted by Crippen LogP contribution is 2.25. The van der Waals surface area contributed by atoms with Gasteiger partial charge in [0.25, 0.3) is 15.0 Å². The van der Waals surface area contributed by atoms with Gasteiger partial charge in [0.2, 0.25) is 0 Å². The minimum atomic E-state index is -3.72. The Labute approximate surface area is 102 Å². The van der Waals surface area contributed by atoms with E-state index in [0.717, 1.165) is 37.3 Å². The lowest BCUT2D eigenvalue weighted by Gasteiger charge is -2.13. The van der Waals surface area contributed by atoms with Crippen molar-refractivity contribution >= 4 is 37.0 Å². The number of likely N-dealkylation sites (tertiary alicyclic amines) is 1. The Hall–Kier alpha value is -0.590. The van der Waals surface area contributed by atoms with Crippen LogP contribution in [0.15, 0.2) is 15.7 Å². The molecular formula is C9H10ClNO3S2. The predicted molar refractivity (Wildman–Crippen MR) is 62.5 cm³/mol. The van der Waals surface area contributed by atoms with Gasteiger partial charge in [-0.1, -0.05) is 0 Å². The fourth-order valence-electron chi connectivity index (χ4n) is 1.66. The first-order chi connectivity index (χ1) is 7.48. The van der Waals surface area contributed by atoms with E-state index in [1.54, 1.807) is 4.90 Å². The van der Waals surface area contributed by atoms with Crippen LogP contribution in [0.3, 0.4) is 0 Å². The second-order valence-electron chi connectivity index (χ2n) is 3.59. The second-order valence-corrected chi connectivity index (χ2v) is 7.30. The molecule has 0 aliphatic carbocycles. The highest BCUT2D eigenvalue weighted by Gasteiger charge is 2.22. The van der Waals surface area contributed by atoms with E-state index in [-0.39, 0.29) is 10.1 Å². The molecule has 16 heavy (non-hydrogen) atoms. The third-order valence-electron chi connectivity index (χ3n) is 2.46. The number of amides is 1. The van der Waals surface area contributed by atoms with Crippen molar-refractivity contribution < 1.29 is 13.2 Å². The third kappa shape index (κ3) is 2.39. The zero-order valence-electron chi connectivity index (χ0n) is 8.35. The molecule has 0 radical (unpaired) electrons. The van der Waals surface area contributed by atoms with Crippen molar-refractivity contribution in [2.75, 3.05) is 13.1 Å². The fourth-order valence-corrected chi connectivity index (χ4v) is 3.60. The van der Waals surface area contributed by atoms with Crippen molar-refractivity contribution in [1.82, 2.24) is 4.90 Å². The van der Waals surface area contributed by atoms with Crippen molar-refractivity contribution in [3.63, 3.8) is 0 Å². The van der Waals surface area contributed by atoms with Crippen LogP contribution < -0.4 is 0 Å². The highest BCUT2D eigenvalue weighted by molar-refractivity contribution is 8.15. The topological polar surface area (TPSA) is 54.5 Å². The largest absolute Gasteiger partial charge is 0.339 e. The maximum Gasteiger partial charge on any atom is 0.270 e. The van der Waals surface area contributed by atoms with E-state index in [9.17, 15) is 13.2 Å². The van der Waals surface area contributed by atoms with Gasteiger partial charge in [0.05, 0.1) is 5.56 Å². The van der Waals surface area contributed by atoms with Crippen molar-refractivity contribution in [1.29, 1.82) is 0 Å². The highest BCUT2D eigenvalue weighted by atomic mass is 35.7. The number of nitrogens with zero attached hydrogens (tertiary/aromatic N) is 1. The van der Waals surface area contributed by atoms with Crippen LogP contribution in [0.25, 0.3) is 0 Å². The molecule has 1 amide bonds. The van der Waals surface area contributed by atoms with Crippen molar-refractivity contribution in [3.8, 4) is 0 Å². The van der Waals surface area contributed by atoms with E-state index in [0.29, 0.717) is 5.56 Å². The summed E-state index contributed by atoms with van der Waals surface area (Å²) in [6.45, 7) is 1.50. The molecule has 0 saturated carbocycles. The van der Waals surface area contributed by atoms with Crippen molar-refractivity contribution in [2.45, 2.75) is 17.1 Å². The molecule has 1 aliphatic rings. The maximum atomic E-state index is 11.9.